The van der Waals surface area contributed by atoms with Crippen LogP contribution < -0.4 is 4.74 Å². The lowest BCUT2D eigenvalue weighted by Crippen LogP contribution is -2.09. The van der Waals surface area contributed by atoms with Crippen molar-refractivity contribution in [3.63, 3.8) is 0 Å². The van der Waals surface area contributed by atoms with Gasteiger partial charge in [-0.3, -0.25) is 0 Å². The van der Waals surface area contributed by atoms with Crippen LogP contribution >= 0.6 is 15.9 Å². The topological polar surface area (TPSA) is 65.0 Å². The quantitative estimate of drug-likeness (QED) is 0.297. The molecule has 0 amide bonds. The minimum Gasteiger partial charge on any atom is -0.422 e. The molecule has 0 unspecified atom stereocenters. The number of esters is 2. The highest BCUT2D eigenvalue weighted by molar-refractivity contribution is 9.10. The zero-order valence-corrected chi connectivity index (χ0v) is 17.3. The molecule has 3 aromatic rings. The van der Waals surface area contributed by atoms with Crippen LogP contribution in [0.1, 0.15) is 21.5 Å². The van der Waals surface area contributed by atoms with Crippen molar-refractivity contribution in [2.75, 3.05) is 0 Å². The number of ether oxygens (including phenoxy) is 2. The fourth-order valence-corrected chi connectivity index (χ4v) is 3.28. The molecule has 1 heterocycles. The maximum Gasteiger partial charge on any atom is 0.363 e. The third-order valence-corrected chi connectivity index (χ3v) is 4.83. The minimum absolute atomic E-state index is 0.149. The molecule has 0 aromatic heterocycles. The monoisotopic (exact) mass is 461 g/mol. The summed E-state index contributed by atoms with van der Waals surface area (Å²) in [5.74, 6) is -0.379. The average molecular weight is 462 g/mol. The van der Waals surface area contributed by atoms with Crippen molar-refractivity contribution in [1.82, 2.24) is 0 Å². The first-order valence-corrected chi connectivity index (χ1v) is 10.00. The van der Waals surface area contributed by atoms with Crippen molar-refractivity contribution < 1.29 is 19.1 Å². The first-order valence-electron chi connectivity index (χ1n) is 9.20. The number of carbonyl (C=O) groups is 2. The first-order chi connectivity index (χ1) is 14.6. The van der Waals surface area contributed by atoms with Gasteiger partial charge in [0.15, 0.2) is 5.70 Å². The second kappa shape index (κ2) is 8.88. The molecule has 4 rings (SSSR count). The number of cyclic esters (lactones) is 1. The maximum atomic E-state index is 12.4. The number of rotatable bonds is 5. The van der Waals surface area contributed by atoms with Crippen molar-refractivity contribution in [2.24, 2.45) is 4.99 Å². The summed E-state index contributed by atoms with van der Waals surface area (Å²) in [4.78, 5) is 29.0. The molecule has 0 bridgehead atoms. The zero-order chi connectivity index (χ0) is 20.9. The van der Waals surface area contributed by atoms with Gasteiger partial charge < -0.3 is 9.47 Å². The van der Waals surface area contributed by atoms with Crippen LogP contribution in [0.25, 0.3) is 6.08 Å². The first kappa shape index (κ1) is 19.8. The molecule has 0 aliphatic carbocycles. The van der Waals surface area contributed by atoms with Crippen molar-refractivity contribution in [3.05, 3.63) is 106 Å². The van der Waals surface area contributed by atoms with E-state index in [0.29, 0.717) is 29.2 Å². The predicted octanol–water partition coefficient (Wildman–Crippen LogP) is 5.21. The molecule has 0 radical (unpaired) electrons. The standard InChI is InChI=1S/C24H16BrNO4/c25-19-11-12-21(29-23(27)17-9-5-2-6-10-17)18(14-19)15-20-24(28)30-22(26-20)13-16-7-3-1-4-8-16/h1-12,14-15H,13H2/b20-15+. The van der Waals surface area contributed by atoms with Crippen LogP contribution in [0.5, 0.6) is 5.75 Å². The Labute approximate surface area is 181 Å². The van der Waals surface area contributed by atoms with E-state index in [4.69, 9.17) is 9.47 Å². The van der Waals surface area contributed by atoms with Gasteiger partial charge in [-0.15, -0.1) is 0 Å². The molecule has 1 aliphatic rings. The molecule has 148 valence electrons. The van der Waals surface area contributed by atoms with Crippen LogP contribution in [0.15, 0.2) is 94.0 Å². The van der Waals surface area contributed by atoms with Gasteiger partial charge in [0.2, 0.25) is 5.90 Å². The zero-order valence-electron chi connectivity index (χ0n) is 15.7. The van der Waals surface area contributed by atoms with Gasteiger partial charge >= 0.3 is 11.9 Å². The molecule has 5 nitrogen and oxygen atoms in total. The van der Waals surface area contributed by atoms with Crippen LogP contribution in [-0.4, -0.2) is 17.8 Å². The van der Waals surface area contributed by atoms with Gasteiger partial charge in [0, 0.05) is 16.5 Å². The van der Waals surface area contributed by atoms with E-state index in [1.807, 2.05) is 36.4 Å². The third kappa shape index (κ3) is 4.72. The molecular formula is C24H16BrNO4. The van der Waals surface area contributed by atoms with E-state index in [0.717, 1.165) is 10.0 Å². The van der Waals surface area contributed by atoms with Crippen LogP contribution in [0.4, 0.5) is 0 Å². The molecule has 0 saturated heterocycles. The summed E-state index contributed by atoms with van der Waals surface area (Å²) in [6, 6.07) is 23.5. The smallest absolute Gasteiger partial charge is 0.363 e. The third-order valence-electron chi connectivity index (χ3n) is 4.34. The number of benzene rings is 3. The lowest BCUT2D eigenvalue weighted by atomic mass is 10.1. The number of aliphatic imine (C=N–C) groups is 1. The maximum absolute atomic E-state index is 12.4. The molecule has 0 atom stereocenters. The van der Waals surface area contributed by atoms with E-state index in [9.17, 15) is 9.59 Å². The molecule has 0 N–H and O–H groups in total. The average Bonchev–Trinajstić information content (AvgIpc) is 3.10. The second-order valence-corrected chi connectivity index (χ2v) is 7.44. The number of hydrogen-bond donors (Lipinski definition) is 0. The Morgan fingerprint density at radius 1 is 1.00 bits per heavy atom. The van der Waals surface area contributed by atoms with Gasteiger partial charge in [0.1, 0.15) is 5.75 Å². The van der Waals surface area contributed by atoms with E-state index >= 15 is 0 Å². The summed E-state index contributed by atoms with van der Waals surface area (Å²) in [7, 11) is 0. The highest BCUT2D eigenvalue weighted by Crippen LogP contribution is 2.28. The molecule has 3 aromatic carbocycles. The second-order valence-electron chi connectivity index (χ2n) is 6.52. The van der Waals surface area contributed by atoms with Crippen LogP contribution in [0, 0.1) is 0 Å². The Balaban J connectivity index is 1.60. The number of nitrogens with zero attached hydrogens (tertiary/aromatic N) is 1. The molecule has 6 heteroatoms. The van der Waals surface area contributed by atoms with Crippen molar-refractivity contribution >= 4 is 39.8 Å². The van der Waals surface area contributed by atoms with Crippen LogP contribution in [-0.2, 0) is 16.0 Å². The summed E-state index contributed by atoms with van der Waals surface area (Å²) in [6.45, 7) is 0. The SMILES string of the molecule is O=C1OC(Cc2ccccc2)=N/C1=C/c1cc(Br)ccc1OC(=O)c1ccccc1. The fraction of sp³-hybridized carbons (Fsp3) is 0.0417. The summed E-state index contributed by atoms with van der Waals surface area (Å²) < 4.78 is 11.6. The summed E-state index contributed by atoms with van der Waals surface area (Å²) in [5, 5.41) is 0. The van der Waals surface area contributed by atoms with Gasteiger partial charge in [-0.1, -0.05) is 64.5 Å². The molecule has 30 heavy (non-hydrogen) atoms. The van der Waals surface area contributed by atoms with Gasteiger partial charge in [0.05, 0.1) is 5.56 Å². The Hall–Kier alpha value is -3.51. The van der Waals surface area contributed by atoms with E-state index in [1.54, 1.807) is 48.5 Å². The summed E-state index contributed by atoms with van der Waals surface area (Å²) >= 11 is 3.41. The predicted molar refractivity (Wildman–Crippen MR) is 117 cm³/mol. The largest absolute Gasteiger partial charge is 0.422 e. The van der Waals surface area contributed by atoms with E-state index in [1.165, 1.54) is 0 Å². The van der Waals surface area contributed by atoms with Gasteiger partial charge in [-0.05, 0) is 42.0 Å². The molecule has 0 fully saturated rings. The Morgan fingerprint density at radius 2 is 1.70 bits per heavy atom. The highest BCUT2D eigenvalue weighted by Gasteiger charge is 2.24. The summed E-state index contributed by atoms with van der Waals surface area (Å²) in [5.41, 5.74) is 2.11. The molecule has 0 spiro atoms. The summed E-state index contributed by atoms with van der Waals surface area (Å²) in [6.07, 6.45) is 1.97. The number of halogens is 1. The van der Waals surface area contributed by atoms with E-state index < -0.39 is 11.9 Å². The normalized spacial score (nSPS) is 14.4. The van der Waals surface area contributed by atoms with Gasteiger partial charge in [-0.2, -0.15) is 0 Å². The van der Waals surface area contributed by atoms with E-state index in [2.05, 4.69) is 20.9 Å². The lowest BCUT2D eigenvalue weighted by Gasteiger charge is -2.08. The van der Waals surface area contributed by atoms with Gasteiger partial charge in [-0.25, -0.2) is 14.6 Å². The van der Waals surface area contributed by atoms with Crippen molar-refractivity contribution in [1.29, 1.82) is 0 Å². The van der Waals surface area contributed by atoms with Crippen LogP contribution in [0.3, 0.4) is 0 Å². The minimum atomic E-state index is -0.541. The molecule has 1 aliphatic heterocycles. The highest BCUT2D eigenvalue weighted by atomic mass is 79.9. The molecular weight excluding hydrogens is 446 g/mol. The van der Waals surface area contributed by atoms with Crippen molar-refractivity contribution in [2.45, 2.75) is 6.42 Å². The Bertz CT molecular complexity index is 1150. The Morgan fingerprint density at radius 3 is 2.43 bits per heavy atom. The molecule has 0 saturated carbocycles. The fourth-order valence-electron chi connectivity index (χ4n) is 2.90. The number of hydrogen-bond acceptors (Lipinski definition) is 5. The van der Waals surface area contributed by atoms with E-state index in [-0.39, 0.29) is 5.70 Å². The van der Waals surface area contributed by atoms with Crippen molar-refractivity contribution in [3.8, 4) is 5.75 Å². The Kier molecular flexibility index (Phi) is 5.86. The van der Waals surface area contributed by atoms with Crippen LogP contribution in [0.2, 0.25) is 0 Å². The lowest BCUT2D eigenvalue weighted by molar-refractivity contribution is -0.130. The number of carbonyl (C=O) groups excluding carboxylic acids is 2. The van der Waals surface area contributed by atoms with Gasteiger partial charge in [0.25, 0.3) is 0 Å².